The number of carbonyl (C=O) groups is 1. The summed E-state index contributed by atoms with van der Waals surface area (Å²) in [4.78, 5) is 17.6. The molecule has 1 saturated heterocycles. The average molecular weight is 426 g/mol. The van der Waals surface area contributed by atoms with Gasteiger partial charge in [-0.3, -0.25) is 4.79 Å². The number of sulfonamides is 1. The minimum atomic E-state index is -3.46. The Morgan fingerprint density at radius 2 is 2.04 bits per heavy atom. The Kier molecular flexibility index (Phi) is 5.92. The van der Waals surface area contributed by atoms with Gasteiger partial charge in [0.25, 0.3) is 5.91 Å². The van der Waals surface area contributed by atoms with Crippen molar-refractivity contribution in [1.29, 1.82) is 0 Å². The number of fused-ring (bicyclic) bond motifs is 1. The number of amides is 1. The van der Waals surface area contributed by atoms with Crippen LogP contribution in [0.2, 0.25) is 0 Å². The van der Waals surface area contributed by atoms with Crippen molar-refractivity contribution in [2.24, 2.45) is 4.99 Å². The van der Waals surface area contributed by atoms with Gasteiger partial charge < -0.3 is 14.0 Å². The molecule has 0 bridgehead atoms. The van der Waals surface area contributed by atoms with Crippen LogP contribution in [-0.4, -0.2) is 56.3 Å². The molecule has 2 heterocycles. The summed E-state index contributed by atoms with van der Waals surface area (Å²) in [7, 11) is -0.319. The number of hydrogen-bond acceptors (Lipinski definition) is 6. The number of nitrogens with zero attached hydrogens (tertiary/aromatic N) is 3. The summed E-state index contributed by atoms with van der Waals surface area (Å²) in [5, 5.41) is 0. The van der Waals surface area contributed by atoms with E-state index in [9.17, 15) is 13.2 Å². The first-order valence-electron chi connectivity index (χ1n) is 8.72. The fraction of sp³-hybridized carbons (Fsp3) is 0.444. The summed E-state index contributed by atoms with van der Waals surface area (Å²) >= 11 is 1.30. The zero-order valence-electron chi connectivity index (χ0n) is 16.0. The van der Waals surface area contributed by atoms with Gasteiger partial charge in [-0.1, -0.05) is 17.4 Å². The predicted molar refractivity (Wildman–Crippen MR) is 108 cm³/mol. The highest BCUT2D eigenvalue weighted by molar-refractivity contribution is 7.88. The van der Waals surface area contributed by atoms with Gasteiger partial charge in [0.15, 0.2) is 4.80 Å². The van der Waals surface area contributed by atoms with Crippen LogP contribution in [0.1, 0.15) is 12.8 Å². The molecule has 1 fully saturated rings. The number of benzene rings is 1. The minimum Gasteiger partial charge on any atom is -0.495 e. The van der Waals surface area contributed by atoms with Gasteiger partial charge in [-0.25, -0.2) is 8.42 Å². The summed E-state index contributed by atoms with van der Waals surface area (Å²) in [5.41, 5.74) is 0.754. The van der Waals surface area contributed by atoms with E-state index < -0.39 is 22.0 Å². The Morgan fingerprint density at radius 3 is 2.64 bits per heavy atom. The van der Waals surface area contributed by atoms with Gasteiger partial charge in [-0.05, 0) is 25.0 Å². The van der Waals surface area contributed by atoms with Crippen molar-refractivity contribution >= 4 is 37.5 Å². The van der Waals surface area contributed by atoms with Crippen molar-refractivity contribution in [1.82, 2.24) is 8.87 Å². The molecule has 0 saturated carbocycles. The van der Waals surface area contributed by atoms with Crippen LogP contribution in [0.5, 0.6) is 11.5 Å². The molecule has 1 atom stereocenters. The predicted octanol–water partition coefficient (Wildman–Crippen LogP) is 1.76. The Labute approximate surface area is 167 Å². The molecule has 1 aromatic heterocycles. The van der Waals surface area contributed by atoms with Crippen molar-refractivity contribution in [3.63, 3.8) is 0 Å². The molecule has 1 aliphatic rings. The minimum absolute atomic E-state index is 0.339. The van der Waals surface area contributed by atoms with Crippen LogP contribution in [0.4, 0.5) is 0 Å². The van der Waals surface area contributed by atoms with E-state index in [1.54, 1.807) is 32.4 Å². The van der Waals surface area contributed by atoms with E-state index >= 15 is 0 Å². The first-order valence-corrected chi connectivity index (χ1v) is 11.4. The van der Waals surface area contributed by atoms with Crippen LogP contribution in [0.3, 0.4) is 0 Å². The molecule has 2 aromatic rings. The highest BCUT2D eigenvalue weighted by Crippen LogP contribution is 2.35. The third-order valence-electron chi connectivity index (χ3n) is 4.62. The lowest BCUT2D eigenvalue weighted by Crippen LogP contribution is -2.39. The summed E-state index contributed by atoms with van der Waals surface area (Å²) in [5.74, 6) is 0.804. The van der Waals surface area contributed by atoms with Crippen molar-refractivity contribution in [3.05, 3.63) is 29.6 Å². The molecule has 1 unspecified atom stereocenters. The van der Waals surface area contributed by atoms with Gasteiger partial charge >= 0.3 is 0 Å². The normalized spacial score (nSPS) is 18.5. The summed E-state index contributed by atoms with van der Waals surface area (Å²) in [6, 6.07) is 2.83. The first kappa shape index (κ1) is 20.6. The SMILES string of the molecule is C=CCn1c(=NC(=O)C2CCCN2S(C)(=O)=O)sc2c(OC)ccc(OC)c21. The number of aromatic nitrogens is 1. The topological polar surface area (TPSA) is 90.2 Å². The van der Waals surface area contributed by atoms with Crippen molar-refractivity contribution < 1.29 is 22.7 Å². The van der Waals surface area contributed by atoms with E-state index in [1.165, 1.54) is 15.6 Å². The van der Waals surface area contributed by atoms with Crippen LogP contribution in [0, 0.1) is 0 Å². The molecule has 1 aliphatic heterocycles. The Morgan fingerprint density at radius 1 is 1.36 bits per heavy atom. The third kappa shape index (κ3) is 3.71. The van der Waals surface area contributed by atoms with Gasteiger partial charge in [-0.2, -0.15) is 9.30 Å². The van der Waals surface area contributed by atoms with Gasteiger partial charge in [0.05, 0.1) is 20.5 Å². The number of allylic oxidation sites excluding steroid dienone is 1. The maximum atomic E-state index is 12.8. The molecule has 0 radical (unpaired) electrons. The number of rotatable bonds is 6. The molecule has 1 amide bonds. The molecule has 10 heteroatoms. The molecule has 28 heavy (non-hydrogen) atoms. The molecule has 0 N–H and O–H groups in total. The molecule has 152 valence electrons. The third-order valence-corrected chi connectivity index (χ3v) is 7.01. The van der Waals surface area contributed by atoms with Crippen molar-refractivity contribution in [3.8, 4) is 11.5 Å². The standard InChI is InChI=1S/C18H23N3O5S2/c1-5-10-20-15-13(25-2)8-9-14(26-3)16(15)27-18(20)19-17(22)12-7-6-11-21(12)28(4,23)24/h5,8-9,12H,1,6-7,10-11H2,2-4H3. The number of hydrogen-bond donors (Lipinski definition) is 0. The van der Waals surface area contributed by atoms with Gasteiger partial charge in [-0.15, -0.1) is 6.58 Å². The lowest BCUT2D eigenvalue weighted by molar-refractivity contribution is -0.121. The smallest absolute Gasteiger partial charge is 0.266 e. The Hall–Kier alpha value is -2.17. The van der Waals surface area contributed by atoms with Crippen molar-refractivity contribution in [2.75, 3.05) is 27.0 Å². The van der Waals surface area contributed by atoms with E-state index in [-0.39, 0.29) is 0 Å². The molecule has 3 rings (SSSR count). The van der Waals surface area contributed by atoms with E-state index in [2.05, 4.69) is 11.6 Å². The second-order valence-electron chi connectivity index (χ2n) is 6.41. The summed E-state index contributed by atoms with van der Waals surface area (Å²) in [6.07, 6.45) is 3.92. The van der Waals surface area contributed by atoms with Crippen LogP contribution < -0.4 is 14.3 Å². The zero-order valence-corrected chi connectivity index (χ0v) is 17.7. The summed E-state index contributed by atoms with van der Waals surface area (Å²) in [6.45, 7) is 4.53. The van der Waals surface area contributed by atoms with E-state index in [0.29, 0.717) is 42.2 Å². The molecular formula is C18H23N3O5S2. The maximum absolute atomic E-state index is 12.8. The molecular weight excluding hydrogens is 402 g/mol. The monoisotopic (exact) mass is 425 g/mol. The molecule has 8 nitrogen and oxygen atoms in total. The lowest BCUT2D eigenvalue weighted by atomic mass is 10.2. The number of ether oxygens (including phenoxy) is 2. The Balaban J connectivity index is 2.18. The zero-order chi connectivity index (χ0) is 20.5. The largest absolute Gasteiger partial charge is 0.495 e. The van der Waals surface area contributed by atoms with Crippen LogP contribution in [-0.2, 0) is 21.4 Å². The second kappa shape index (κ2) is 8.06. The highest BCUT2D eigenvalue weighted by atomic mass is 32.2. The van der Waals surface area contributed by atoms with E-state index in [1.807, 2.05) is 4.57 Å². The summed E-state index contributed by atoms with van der Waals surface area (Å²) < 4.78 is 38.7. The van der Waals surface area contributed by atoms with Crippen LogP contribution >= 0.6 is 11.3 Å². The molecule has 1 aromatic carbocycles. The molecule has 0 spiro atoms. The number of thiazole rings is 1. The Bertz CT molecular complexity index is 1080. The van der Waals surface area contributed by atoms with E-state index in [4.69, 9.17) is 9.47 Å². The van der Waals surface area contributed by atoms with Crippen LogP contribution in [0.15, 0.2) is 29.8 Å². The highest BCUT2D eigenvalue weighted by Gasteiger charge is 2.36. The second-order valence-corrected chi connectivity index (χ2v) is 9.33. The quantitative estimate of drug-likeness (QED) is 0.658. The van der Waals surface area contributed by atoms with E-state index in [0.717, 1.165) is 16.5 Å². The van der Waals surface area contributed by atoms with Crippen LogP contribution in [0.25, 0.3) is 10.2 Å². The molecule has 0 aliphatic carbocycles. The fourth-order valence-corrected chi connectivity index (χ4v) is 5.66. The average Bonchev–Trinajstić information content (AvgIpc) is 3.27. The van der Waals surface area contributed by atoms with Crippen molar-refractivity contribution in [2.45, 2.75) is 25.4 Å². The van der Waals surface area contributed by atoms with Gasteiger partial charge in [0.1, 0.15) is 27.8 Å². The van der Waals surface area contributed by atoms with Gasteiger partial charge in [0.2, 0.25) is 10.0 Å². The lowest BCUT2D eigenvalue weighted by Gasteiger charge is -2.18. The maximum Gasteiger partial charge on any atom is 0.266 e. The number of methoxy groups -OCH3 is 2. The fourth-order valence-electron chi connectivity index (χ4n) is 3.39. The van der Waals surface area contributed by atoms with Gasteiger partial charge in [0, 0.05) is 13.1 Å². The first-order chi connectivity index (χ1) is 13.3. The number of carbonyl (C=O) groups excluding carboxylic acids is 1.